The summed E-state index contributed by atoms with van der Waals surface area (Å²) < 4.78 is 17.0. The Labute approximate surface area is 210 Å². The third-order valence-electron chi connectivity index (χ3n) is 6.59. The Kier molecular flexibility index (Phi) is 11.1. The zero-order chi connectivity index (χ0) is 24.9. The van der Waals surface area contributed by atoms with Gasteiger partial charge in [0.15, 0.2) is 0 Å². The minimum Gasteiger partial charge on any atom is -0.494 e. The van der Waals surface area contributed by atoms with Crippen LogP contribution in [-0.2, 0) is 9.53 Å². The zero-order valence-corrected chi connectivity index (χ0v) is 21.3. The summed E-state index contributed by atoms with van der Waals surface area (Å²) >= 11 is 0. The Hall–Kier alpha value is -2.82. The van der Waals surface area contributed by atoms with Crippen molar-refractivity contribution in [2.24, 2.45) is 5.92 Å². The van der Waals surface area contributed by atoms with Crippen molar-refractivity contribution in [3.05, 3.63) is 59.7 Å². The van der Waals surface area contributed by atoms with Crippen LogP contribution in [-0.4, -0.2) is 18.5 Å². The van der Waals surface area contributed by atoms with Crippen molar-refractivity contribution < 1.29 is 23.8 Å². The molecule has 1 aliphatic rings. The Morgan fingerprint density at radius 3 is 2.17 bits per heavy atom. The number of benzene rings is 2. The number of carbonyl (C=O) groups is 2. The maximum Gasteiger partial charge on any atom is 0.343 e. The van der Waals surface area contributed by atoms with Crippen LogP contribution in [0.15, 0.2) is 48.5 Å². The van der Waals surface area contributed by atoms with Gasteiger partial charge < -0.3 is 14.2 Å². The molecule has 0 spiro atoms. The predicted octanol–water partition coefficient (Wildman–Crippen LogP) is 7.83. The van der Waals surface area contributed by atoms with Gasteiger partial charge in [-0.3, -0.25) is 4.79 Å². The smallest absolute Gasteiger partial charge is 0.343 e. The van der Waals surface area contributed by atoms with E-state index in [0.29, 0.717) is 17.9 Å². The molecule has 5 heteroatoms. The predicted molar refractivity (Wildman–Crippen MR) is 138 cm³/mol. The summed E-state index contributed by atoms with van der Waals surface area (Å²) in [4.78, 5) is 24.8. The van der Waals surface area contributed by atoms with Crippen molar-refractivity contribution in [2.45, 2.75) is 90.6 Å². The maximum absolute atomic E-state index is 12.5. The largest absolute Gasteiger partial charge is 0.494 e. The highest BCUT2D eigenvalue weighted by Gasteiger charge is 2.30. The highest BCUT2D eigenvalue weighted by molar-refractivity contribution is 5.91. The number of esters is 2. The van der Waals surface area contributed by atoms with Crippen LogP contribution < -0.4 is 9.47 Å². The molecule has 0 bridgehead atoms. The molecule has 0 aromatic heterocycles. The van der Waals surface area contributed by atoms with Gasteiger partial charge in [-0.05, 0) is 67.6 Å². The average Bonchev–Trinajstić information content (AvgIpc) is 2.88. The fraction of sp³-hybridized carbons (Fsp3) is 0.533. The highest BCUT2D eigenvalue weighted by Crippen LogP contribution is 2.34. The summed E-state index contributed by atoms with van der Waals surface area (Å²) in [6.45, 7) is 5.05. The number of unbranched alkanes of at least 4 members (excludes halogenated alkanes) is 6. The Morgan fingerprint density at radius 1 is 0.829 bits per heavy atom. The molecule has 5 nitrogen and oxygen atoms in total. The fourth-order valence-electron chi connectivity index (χ4n) is 4.39. The number of carbonyl (C=O) groups excluding carboxylic acids is 2. The molecule has 1 fully saturated rings. The van der Waals surface area contributed by atoms with E-state index in [1.54, 1.807) is 24.3 Å². The molecular weight excluding hydrogens is 440 g/mol. The second kappa shape index (κ2) is 14.6. The molecule has 2 aromatic carbocycles. The molecule has 35 heavy (non-hydrogen) atoms. The van der Waals surface area contributed by atoms with E-state index >= 15 is 0 Å². The highest BCUT2D eigenvalue weighted by atomic mass is 16.5. The van der Waals surface area contributed by atoms with Gasteiger partial charge in [-0.15, -0.1) is 0 Å². The van der Waals surface area contributed by atoms with Gasteiger partial charge in [-0.2, -0.15) is 0 Å². The van der Waals surface area contributed by atoms with Crippen molar-refractivity contribution in [1.29, 1.82) is 0 Å². The van der Waals surface area contributed by atoms with Crippen LogP contribution >= 0.6 is 0 Å². The summed E-state index contributed by atoms with van der Waals surface area (Å²) in [5.41, 5.74) is 1.40. The first-order valence-corrected chi connectivity index (χ1v) is 13.4. The molecule has 2 aromatic rings. The molecule has 0 N–H and O–H groups in total. The van der Waals surface area contributed by atoms with Crippen molar-refractivity contribution >= 4 is 11.9 Å². The molecular formula is C30H40O5. The van der Waals surface area contributed by atoms with Crippen molar-refractivity contribution in [1.82, 2.24) is 0 Å². The van der Waals surface area contributed by atoms with Gasteiger partial charge >= 0.3 is 11.9 Å². The van der Waals surface area contributed by atoms with E-state index < -0.39 is 5.97 Å². The van der Waals surface area contributed by atoms with E-state index in [0.717, 1.165) is 49.8 Å². The zero-order valence-electron chi connectivity index (χ0n) is 21.3. The first kappa shape index (κ1) is 26.8. The number of hydrogen-bond donors (Lipinski definition) is 0. The van der Waals surface area contributed by atoms with Gasteiger partial charge in [-0.25, -0.2) is 4.79 Å². The molecule has 0 unspecified atom stereocenters. The molecule has 0 aliphatic carbocycles. The lowest BCUT2D eigenvalue weighted by atomic mass is 9.90. The third-order valence-corrected chi connectivity index (χ3v) is 6.59. The first-order chi connectivity index (χ1) is 17.1. The first-order valence-electron chi connectivity index (χ1n) is 13.4. The molecule has 1 saturated heterocycles. The lowest BCUT2D eigenvalue weighted by molar-refractivity contribution is -0.161. The maximum atomic E-state index is 12.5. The average molecular weight is 481 g/mol. The summed E-state index contributed by atoms with van der Waals surface area (Å²) in [5.74, 6) is 0.745. The minimum absolute atomic E-state index is 0.0266. The van der Waals surface area contributed by atoms with Crippen LogP contribution in [0.1, 0.15) is 107 Å². The van der Waals surface area contributed by atoms with Crippen molar-refractivity contribution in [3.63, 3.8) is 0 Å². The van der Waals surface area contributed by atoms with Crippen LogP contribution in [0.2, 0.25) is 0 Å². The molecule has 0 saturated carbocycles. The van der Waals surface area contributed by atoms with E-state index in [9.17, 15) is 9.59 Å². The molecule has 0 radical (unpaired) electrons. The van der Waals surface area contributed by atoms with Crippen LogP contribution in [0.3, 0.4) is 0 Å². The van der Waals surface area contributed by atoms with E-state index in [1.807, 2.05) is 24.3 Å². The normalized spacial score (nSPS) is 17.6. The summed E-state index contributed by atoms with van der Waals surface area (Å²) in [6, 6.07) is 14.3. The summed E-state index contributed by atoms with van der Waals surface area (Å²) in [5, 5.41) is 0. The summed E-state index contributed by atoms with van der Waals surface area (Å²) in [6.07, 6.45) is 11.9. The molecule has 3 rings (SSSR count). The number of ether oxygens (including phenoxy) is 3. The minimum atomic E-state index is -0.414. The lowest BCUT2D eigenvalue weighted by Gasteiger charge is -2.28. The molecule has 1 heterocycles. The van der Waals surface area contributed by atoms with E-state index in [-0.39, 0.29) is 18.0 Å². The number of rotatable bonds is 14. The van der Waals surface area contributed by atoms with Gasteiger partial charge in [0.25, 0.3) is 0 Å². The van der Waals surface area contributed by atoms with E-state index in [2.05, 4.69) is 13.8 Å². The van der Waals surface area contributed by atoms with Crippen LogP contribution in [0.4, 0.5) is 0 Å². The Bertz CT molecular complexity index is 903. The molecule has 2 atom stereocenters. The van der Waals surface area contributed by atoms with Crippen LogP contribution in [0, 0.1) is 5.92 Å². The third kappa shape index (κ3) is 8.72. The number of cyclic esters (lactones) is 1. The van der Waals surface area contributed by atoms with Crippen LogP contribution in [0.5, 0.6) is 11.5 Å². The fourth-order valence-corrected chi connectivity index (χ4v) is 4.39. The Morgan fingerprint density at radius 2 is 1.49 bits per heavy atom. The van der Waals surface area contributed by atoms with Gasteiger partial charge in [0, 0.05) is 0 Å². The summed E-state index contributed by atoms with van der Waals surface area (Å²) in [7, 11) is 0. The van der Waals surface area contributed by atoms with Gasteiger partial charge in [0.05, 0.1) is 18.1 Å². The SMILES string of the molecule is CCCCCCCCOc1ccc(C(=O)Oc2ccc([C@@H]3CC[C@@H](CCCC)C(=O)O3)cc2)cc1. The molecule has 1 aliphatic heterocycles. The van der Waals surface area contributed by atoms with Crippen molar-refractivity contribution in [2.75, 3.05) is 6.61 Å². The second-order valence-electron chi connectivity index (χ2n) is 9.44. The lowest BCUT2D eigenvalue weighted by Crippen LogP contribution is -2.26. The standard InChI is InChI=1S/C30H40O5/c1-3-5-7-8-9-10-22-33-26-17-14-25(15-18-26)29(31)34-27-19-12-23(13-20-27)28-21-16-24(11-6-4-2)30(32)35-28/h12-15,17-20,24,28H,3-11,16,21-22H2,1-2H3/t24-,28+/m1/s1. The van der Waals surface area contributed by atoms with E-state index in [4.69, 9.17) is 14.2 Å². The molecule has 0 amide bonds. The topological polar surface area (TPSA) is 61.8 Å². The van der Waals surface area contributed by atoms with Gasteiger partial charge in [0.2, 0.25) is 0 Å². The number of hydrogen-bond acceptors (Lipinski definition) is 5. The second-order valence-corrected chi connectivity index (χ2v) is 9.44. The molecule has 190 valence electrons. The van der Waals surface area contributed by atoms with Gasteiger partial charge in [0.1, 0.15) is 17.6 Å². The van der Waals surface area contributed by atoms with Crippen molar-refractivity contribution in [3.8, 4) is 11.5 Å². The van der Waals surface area contributed by atoms with E-state index in [1.165, 1.54) is 32.1 Å². The quantitative estimate of drug-likeness (QED) is 0.157. The van der Waals surface area contributed by atoms with Gasteiger partial charge in [-0.1, -0.05) is 70.9 Å². The monoisotopic (exact) mass is 480 g/mol. The Balaban J connectivity index is 1.42. The van der Waals surface area contributed by atoms with Crippen LogP contribution in [0.25, 0.3) is 0 Å².